The summed E-state index contributed by atoms with van der Waals surface area (Å²) in [6.07, 6.45) is 0. The molecule has 0 aliphatic carbocycles. The van der Waals surface area contributed by atoms with E-state index in [1.165, 1.54) is 11.1 Å². The van der Waals surface area contributed by atoms with E-state index in [4.69, 9.17) is 4.74 Å². The summed E-state index contributed by atoms with van der Waals surface area (Å²) in [7, 11) is 0. The smallest absolute Gasteiger partial charge is 0.266 e. The minimum Gasteiger partial charge on any atom is -0.378 e. The lowest BCUT2D eigenvalue weighted by Crippen LogP contribution is -2.41. The predicted molar refractivity (Wildman–Crippen MR) is 116 cm³/mol. The van der Waals surface area contributed by atoms with Gasteiger partial charge in [-0.15, -0.1) is 23.5 Å². The highest BCUT2D eigenvalue weighted by molar-refractivity contribution is 8.21. The van der Waals surface area contributed by atoms with Crippen LogP contribution in [0, 0.1) is 11.3 Å². The Balaban J connectivity index is 1.79. The molecule has 4 nitrogen and oxygen atoms in total. The second-order valence-electron chi connectivity index (χ2n) is 6.23. The van der Waals surface area contributed by atoms with E-state index < -0.39 is 0 Å². The van der Waals surface area contributed by atoms with E-state index in [0.29, 0.717) is 26.3 Å². The summed E-state index contributed by atoms with van der Waals surface area (Å²) in [5, 5.41) is 9.78. The van der Waals surface area contributed by atoms with Crippen LogP contribution in [-0.4, -0.2) is 37.1 Å². The van der Waals surface area contributed by atoms with Gasteiger partial charge in [0, 0.05) is 24.6 Å². The van der Waals surface area contributed by atoms with Gasteiger partial charge in [-0.05, 0) is 11.1 Å². The molecule has 28 heavy (non-hydrogen) atoms. The third-order valence-electron chi connectivity index (χ3n) is 4.25. The lowest BCUT2D eigenvalue weighted by atomic mass is 10.2. The maximum Gasteiger partial charge on any atom is 0.266 e. The number of carbonyl (C=O) groups excluding carboxylic acids is 1. The summed E-state index contributed by atoms with van der Waals surface area (Å²) in [5.41, 5.74) is 2.58. The number of rotatable bonds is 7. The second-order valence-corrected chi connectivity index (χ2v) is 8.46. The van der Waals surface area contributed by atoms with Gasteiger partial charge in [-0.25, -0.2) is 0 Å². The number of benzene rings is 2. The van der Waals surface area contributed by atoms with E-state index in [-0.39, 0.29) is 11.5 Å². The highest BCUT2D eigenvalue weighted by atomic mass is 32.2. The van der Waals surface area contributed by atoms with Crippen molar-refractivity contribution in [1.29, 1.82) is 5.26 Å². The quantitative estimate of drug-likeness (QED) is 0.499. The summed E-state index contributed by atoms with van der Waals surface area (Å²) >= 11 is 3.12. The Morgan fingerprint density at radius 2 is 1.43 bits per heavy atom. The molecule has 0 N–H and O–H groups in total. The topological polar surface area (TPSA) is 53.3 Å². The van der Waals surface area contributed by atoms with Gasteiger partial charge in [0.2, 0.25) is 0 Å². The van der Waals surface area contributed by atoms with Gasteiger partial charge in [-0.1, -0.05) is 60.7 Å². The minimum absolute atomic E-state index is 0.193. The number of nitrogens with zero attached hydrogens (tertiary/aromatic N) is 2. The number of nitriles is 1. The molecule has 1 fully saturated rings. The summed E-state index contributed by atoms with van der Waals surface area (Å²) in [5.74, 6) is 1.25. The molecule has 0 unspecified atom stereocenters. The Morgan fingerprint density at radius 1 is 0.929 bits per heavy atom. The van der Waals surface area contributed by atoms with Crippen LogP contribution in [0.2, 0.25) is 0 Å². The molecule has 1 aliphatic heterocycles. The van der Waals surface area contributed by atoms with E-state index in [2.05, 4.69) is 30.3 Å². The Hall–Kier alpha value is -2.20. The van der Waals surface area contributed by atoms with E-state index in [9.17, 15) is 10.1 Å². The first kappa shape index (κ1) is 20.5. The van der Waals surface area contributed by atoms with Gasteiger partial charge in [0.25, 0.3) is 5.91 Å². The zero-order chi connectivity index (χ0) is 19.6. The number of carbonyl (C=O) groups is 1. The summed E-state index contributed by atoms with van der Waals surface area (Å²) in [6.45, 7) is 2.11. The Kier molecular flexibility index (Phi) is 8.04. The van der Waals surface area contributed by atoms with E-state index in [1.54, 1.807) is 28.4 Å². The molecule has 1 heterocycles. The van der Waals surface area contributed by atoms with Gasteiger partial charge in [0.15, 0.2) is 0 Å². The average Bonchev–Trinajstić information content (AvgIpc) is 2.77. The maximum atomic E-state index is 13.0. The fourth-order valence-electron chi connectivity index (χ4n) is 2.74. The number of amides is 1. The van der Waals surface area contributed by atoms with Crippen LogP contribution in [0.25, 0.3) is 0 Å². The molecule has 0 saturated carbocycles. The van der Waals surface area contributed by atoms with E-state index in [1.807, 2.05) is 36.4 Å². The lowest BCUT2D eigenvalue weighted by Gasteiger charge is -2.27. The molecule has 1 saturated heterocycles. The maximum absolute atomic E-state index is 13.0. The van der Waals surface area contributed by atoms with Crippen LogP contribution >= 0.6 is 23.5 Å². The van der Waals surface area contributed by atoms with Gasteiger partial charge >= 0.3 is 0 Å². The SMILES string of the molecule is N#CC(C(=O)N1CCOCC1)=C(SCc1ccccc1)SCc1ccccc1. The molecule has 6 heteroatoms. The van der Waals surface area contributed by atoms with E-state index >= 15 is 0 Å². The van der Waals surface area contributed by atoms with Crippen LogP contribution < -0.4 is 0 Å². The standard InChI is InChI=1S/C22H22N2O2S2/c23-15-20(21(25)24-11-13-26-14-12-24)22(27-16-18-7-3-1-4-8-18)28-17-19-9-5-2-6-10-19/h1-10H,11-14,16-17H2. The number of hydrogen-bond acceptors (Lipinski definition) is 5. The number of ether oxygens (including phenoxy) is 1. The van der Waals surface area contributed by atoms with Crippen LogP contribution in [0.5, 0.6) is 0 Å². The highest BCUT2D eigenvalue weighted by Crippen LogP contribution is 2.36. The fourth-order valence-corrected chi connectivity index (χ4v) is 4.96. The normalized spacial score (nSPS) is 13.6. The van der Waals surface area contributed by atoms with Crippen molar-refractivity contribution >= 4 is 29.4 Å². The van der Waals surface area contributed by atoms with Crippen molar-refractivity contribution < 1.29 is 9.53 Å². The minimum atomic E-state index is -0.193. The second kappa shape index (κ2) is 11.0. The first-order valence-corrected chi connectivity index (χ1v) is 11.1. The zero-order valence-corrected chi connectivity index (χ0v) is 17.2. The summed E-state index contributed by atoms with van der Waals surface area (Å²) in [4.78, 5) is 14.7. The van der Waals surface area contributed by atoms with Crippen molar-refractivity contribution in [2.75, 3.05) is 26.3 Å². The molecular formula is C22H22N2O2S2. The van der Waals surface area contributed by atoms with Crippen LogP contribution in [-0.2, 0) is 21.0 Å². The third-order valence-corrected chi connectivity index (χ3v) is 6.85. The first-order valence-electron chi connectivity index (χ1n) is 9.13. The average molecular weight is 411 g/mol. The molecule has 0 aromatic heterocycles. The lowest BCUT2D eigenvalue weighted by molar-refractivity contribution is -0.130. The molecule has 2 aromatic rings. The molecule has 3 rings (SSSR count). The van der Waals surface area contributed by atoms with Gasteiger partial charge in [0.1, 0.15) is 11.6 Å². The molecule has 2 aromatic carbocycles. The molecule has 0 radical (unpaired) electrons. The van der Waals surface area contributed by atoms with Gasteiger partial charge in [-0.3, -0.25) is 4.79 Å². The number of hydrogen-bond donors (Lipinski definition) is 0. The first-order chi connectivity index (χ1) is 13.8. The summed E-state index contributed by atoms with van der Waals surface area (Å²) in [6, 6.07) is 22.4. The van der Waals surface area contributed by atoms with Gasteiger partial charge in [0.05, 0.1) is 17.5 Å². The van der Waals surface area contributed by atoms with Crippen molar-refractivity contribution in [3.63, 3.8) is 0 Å². The third kappa shape index (κ3) is 5.90. The largest absolute Gasteiger partial charge is 0.378 e. The van der Waals surface area contributed by atoms with Crippen LogP contribution in [0.15, 0.2) is 70.5 Å². The van der Waals surface area contributed by atoms with Crippen molar-refractivity contribution in [2.24, 2.45) is 0 Å². The monoisotopic (exact) mass is 410 g/mol. The van der Waals surface area contributed by atoms with E-state index in [0.717, 1.165) is 15.7 Å². The van der Waals surface area contributed by atoms with Crippen molar-refractivity contribution in [3.05, 3.63) is 81.6 Å². The molecular weight excluding hydrogens is 388 g/mol. The number of morpholine rings is 1. The molecule has 1 aliphatic rings. The van der Waals surface area contributed by atoms with Crippen molar-refractivity contribution in [1.82, 2.24) is 4.90 Å². The Morgan fingerprint density at radius 3 is 1.89 bits per heavy atom. The Bertz CT molecular complexity index is 796. The molecule has 144 valence electrons. The highest BCUT2D eigenvalue weighted by Gasteiger charge is 2.24. The van der Waals surface area contributed by atoms with Gasteiger partial charge < -0.3 is 9.64 Å². The molecule has 0 bridgehead atoms. The molecule has 0 atom stereocenters. The molecule has 1 amide bonds. The fraction of sp³-hybridized carbons (Fsp3) is 0.273. The van der Waals surface area contributed by atoms with Crippen LogP contribution in [0.3, 0.4) is 0 Å². The predicted octanol–water partition coefficient (Wildman–Crippen LogP) is 4.45. The number of thioether (sulfide) groups is 2. The molecule has 0 spiro atoms. The van der Waals surface area contributed by atoms with Crippen LogP contribution in [0.1, 0.15) is 11.1 Å². The summed E-state index contributed by atoms with van der Waals surface area (Å²) < 4.78 is 6.12. The zero-order valence-electron chi connectivity index (χ0n) is 15.5. The Labute approximate surface area is 174 Å². The van der Waals surface area contributed by atoms with Crippen LogP contribution in [0.4, 0.5) is 0 Å². The van der Waals surface area contributed by atoms with Gasteiger partial charge in [-0.2, -0.15) is 5.26 Å². The van der Waals surface area contributed by atoms with Crippen molar-refractivity contribution in [3.8, 4) is 6.07 Å². The van der Waals surface area contributed by atoms with Crippen molar-refractivity contribution in [2.45, 2.75) is 11.5 Å².